The highest BCUT2D eigenvalue weighted by atomic mass is 32.1. The molecule has 0 saturated heterocycles. The molecule has 19 heavy (non-hydrogen) atoms. The third kappa shape index (κ3) is 1.73. The van der Waals surface area contributed by atoms with Crippen molar-refractivity contribution < 1.29 is 5.11 Å². The Morgan fingerprint density at radius 1 is 1.05 bits per heavy atom. The number of benzene rings is 2. The summed E-state index contributed by atoms with van der Waals surface area (Å²) in [6, 6.07) is 11.9. The smallest absolute Gasteiger partial charge is 0.128 e. The zero-order valence-electron chi connectivity index (χ0n) is 10.4. The monoisotopic (exact) mass is 267 g/mol. The quantitative estimate of drug-likeness (QED) is 0.718. The zero-order chi connectivity index (χ0) is 12.8. The fourth-order valence-corrected chi connectivity index (χ4v) is 3.81. The third-order valence-electron chi connectivity index (χ3n) is 3.74. The lowest BCUT2D eigenvalue weighted by molar-refractivity contribution is 0.477. The van der Waals surface area contributed by atoms with Crippen LogP contribution in [0.1, 0.15) is 17.5 Å². The number of hydrogen-bond donors (Lipinski definition) is 1. The highest BCUT2D eigenvalue weighted by Crippen LogP contribution is 2.37. The summed E-state index contributed by atoms with van der Waals surface area (Å²) in [6.45, 7) is 0. The molecule has 0 unspecified atom stereocenters. The predicted octanol–water partition coefficient (Wildman–Crippen LogP) is 4.16. The van der Waals surface area contributed by atoms with E-state index in [9.17, 15) is 5.11 Å². The van der Waals surface area contributed by atoms with Crippen molar-refractivity contribution in [1.29, 1.82) is 0 Å². The molecule has 1 heterocycles. The Labute approximate surface area is 115 Å². The largest absolute Gasteiger partial charge is 0.507 e. The summed E-state index contributed by atoms with van der Waals surface area (Å²) in [5.41, 5.74) is 4.80. The van der Waals surface area contributed by atoms with Crippen LogP contribution >= 0.6 is 11.3 Å². The SMILES string of the molecule is Oc1ccccc1-c1nc2cc3c(cc2s1)CCC3. The van der Waals surface area contributed by atoms with E-state index in [4.69, 9.17) is 0 Å². The fourth-order valence-electron chi connectivity index (χ4n) is 2.76. The second-order valence-corrected chi connectivity index (χ2v) is 6.01. The van der Waals surface area contributed by atoms with Crippen molar-refractivity contribution in [2.45, 2.75) is 19.3 Å². The van der Waals surface area contributed by atoms with E-state index in [-0.39, 0.29) is 0 Å². The van der Waals surface area contributed by atoms with Gasteiger partial charge in [-0.2, -0.15) is 0 Å². The van der Waals surface area contributed by atoms with E-state index in [1.165, 1.54) is 35.1 Å². The van der Waals surface area contributed by atoms with Gasteiger partial charge >= 0.3 is 0 Å². The minimum Gasteiger partial charge on any atom is -0.507 e. The number of phenols is 1. The van der Waals surface area contributed by atoms with Gasteiger partial charge in [0.1, 0.15) is 10.8 Å². The number of nitrogens with zero attached hydrogens (tertiary/aromatic N) is 1. The Hall–Kier alpha value is -1.87. The number of thiazole rings is 1. The zero-order valence-corrected chi connectivity index (χ0v) is 11.2. The molecule has 1 aliphatic carbocycles. The summed E-state index contributed by atoms with van der Waals surface area (Å²) in [6.07, 6.45) is 3.63. The van der Waals surface area contributed by atoms with Gasteiger partial charge in [0, 0.05) is 0 Å². The summed E-state index contributed by atoms with van der Waals surface area (Å²) in [5.74, 6) is 0.300. The number of fused-ring (bicyclic) bond motifs is 2. The number of para-hydroxylation sites is 1. The molecule has 0 aliphatic heterocycles. The number of hydrogen-bond acceptors (Lipinski definition) is 3. The standard InChI is InChI=1S/C16H13NOS/c18-14-7-2-1-6-12(14)16-17-13-8-10-4-3-5-11(10)9-15(13)19-16/h1-2,6-9,18H,3-5H2. The first kappa shape index (κ1) is 11.0. The normalized spacial score (nSPS) is 13.9. The van der Waals surface area contributed by atoms with Gasteiger partial charge in [-0.05, 0) is 54.7 Å². The molecular formula is C16H13NOS. The van der Waals surface area contributed by atoms with Crippen LogP contribution in [0.3, 0.4) is 0 Å². The van der Waals surface area contributed by atoms with Crippen molar-refractivity contribution >= 4 is 21.6 Å². The van der Waals surface area contributed by atoms with E-state index >= 15 is 0 Å². The van der Waals surface area contributed by atoms with E-state index in [0.717, 1.165) is 16.1 Å². The first-order valence-electron chi connectivity index (χ1n) is 6.52. The molecule has 1 N–H and O–H groups in total. The average Bonchev–Trinajstić information content (AvgIpc) is 3.01. The lowest BCUT2D eigenvalue weighted by Crippen LogP contribution is -1.81. The van der Waals surface area contributed by atoms with Gasteiger partial charge in [0.15, 0.2) is 0 Å². The van der Waals surface area contributed by atoms with Gasteiger partial charge in [-0.1, -0.05) is 12.1 Å². The van der Waals surface area contributed by atoms with Gasteiger partial charge in [0.2, 0.25) is 0 Å². The second kappa shape index (κ2) is 4.07. The predicted molar refractivity (Wildman–Crippen MR) is 78.7 cm³/mol. The summed E-state index contributed by atoms with van der Waals surface area (Å²) in [7, 11) is 0. The maximum atomic E-state index is 9.92. The van der Waals surface area contributed by atoms with E-state index in [2.05, 4.69) is 17.1 Å². The molecule has 0 spiro atoms. The molecule has 94 valence electrons. The minimum absolute atomic E-state index is 0.300. The Bertz CT molecular complexity index is 735. The molecule has 0 radical (unpaired) electrons. The number of rotatable bonds is 1. The van der Waals surface area contributed by atoms with Crippen molar-refractivity contribution in [3.63, 3.8) is 0 Å². The van der Waals surface area contributed by atoms with Crippen LogP contribution in [-0.2, 0) is 12.8 Å². The van der Waals surface area contributed by atoms with Gasteiger partial charge in [0.25, 0.3) is 0 Å². The fraction of sp³-hybridized carbons (Fsp3) is 0.188. The van der Waals surface area contributed by atoms with Crippen molar-refractivity contribution in [3.05, 3.63) is 47.5 Å². The Morgan fingerprint density at radius 2 is 1.84 bits per heavy atom. The summed E-state index contributed by atoms with van der Waals surface area (Å²) < 4.78 is 1.22. The Balaban J connectivity index is 1.91. The number of aromatic nitrogens is 1. The molecule has 3 aromatic rings. The molecule has 1 aliphatic rings. The topological polar surface area (TPSA) is 33.1 Å². The first-order valence-corrected chi connectivity index (χ1v) is 7.33. The number of phenolic OH excluding ortho intramolecular Hbond substituents is 1. The summed E-state index contributed by atoms with van der Waals surface area (Å²) >= 11 is 1.66. The molecule has 3 heteroatoms. The van der Waals surface area contributed by atoms with Crippen LogP contribution < -0.4 is 0 Å². The first-order chi connectivity index (χ1) is 9.31. The molecule has 2 aromatic carbocycles. The van der Waals surface area contributed by atoms with Crippen LogP contribution in [-0.4, -0.2) is 10.1 Å². The molecule has 0 amide bonds. The van der Waals surface area contributed by atoms with E-state index in [1.54, 1.807) is 17.4 Å². The van der Waals surface area contributed by atoms with Gasteiger partial charge in [-0.15, -0.1) is 11.3 Å². The molecule has 0 atom stereocenters. The molecule has 4 rings (SSSR count). The van der Waals surface area contributed by atoms with Gasteiger partial charge in [0.05, 0.1) is 15.8 Å². The van der Waals surface area contributed by atoms with E-state index in [1.807, 2.05) is 18.2 Å². The number of aryl methyl sites for hydroxylation is 2. The van der Waals surface area contributed by atoms with Crippen LogP contribution in [0.2, 0.25) is 0 Å². The van der Waals surface area contributed by atoms with Crippen LogP contribution in [0.15, 0.2) is 36.4 Å². The second-order valence-electron chi connectivity index (χ2n) is 4.98. The van der Waals surface area contributed by atoms with E-state index in [0.29, 0.717) is 5.75 Å². The molecule has 1 aromatic heterocycles. The average molecular weight is 267 g/mol. The number of aromatic hydroxyl groups is 1. The van der Waals surface area contributed by atoms with Gasteiger partial charge in [-0.25, -0.2) is 4.98 Å². The third-order valence-corrected chi connectivity index (χ3v) is 4.79. The highest BCUT2D eigenvalue weighted by Gasteiger charge is 2.15. The molecule has 0 fully saturated rings. The molecular weight excluding hydrogens is 254 g/mol. The lowest BCUT2D eigenvalue weighted by atomic mass is 10.1. The van der Waals surface area contributed by atoms with Crippen LogP contribution in [0.5, 0.6) is 5.75 Å². The van der Waals surface area contributed by atoms with Crippen LogP contribution in [0.4, 0.5) is 0 Å². The summed E-state index contributed by atoms with van der Waals surface area (Å²) in [4.78, 5) is 4.68. The Morgan fingerprint density at radius 3 is 2.68 bits per heavy atom. The molecule has 0 bridgehead atoms. The van der Waals surface area contributed by atoms with Gasteiger partial charge < -0.3 is 5.11 Å². The maximum absolute atomic E-state index is 9.92. The maximum Gasteiger partial charge on any atom is 0.128 e. The van der Waals surface area contributed by atoms with Crippen molar-refractivity contribution in [2.24, 2.45) is 0 Å². The van der Waals surface area contributed by atoms with Gasteiger partial charge in [-0.3, -0.25) is 0 Å². The minimum atomic E-state index is 0.300. The van der Waals surface area contributed by atoms with Crippen molar-refractivity contribution in [1.82, 2.24) is 4.98 Å². The van der Waals surface area contributed by atoms with Crippen molar-refractivity contribution in [2.75, 3.05) is 0 Å². The summed E-state index contributed by atoms with van der Waals surface area (Å²) in [5, 5.41) is 10.8. The molecule has 0 saturated carbocycles. The highest BCUT2D eigenvalue weighted by molar-refractivity contribution is 7.21. The lowest BCUT2D eigenvalue weighted by Gasteiger charge is -1.98. The van der Waals surface area contributed by atoms with Crippen LogP contribution in [0.25, 0.3) is 20.8 Å². The van der Waals surface area contributed by atoms with E-state index < -0.39 is 0 Å². The Kier molecular flexibility index (Phi) is 2.35. The van der Waals surface area contributed by atoms with Crippen molar-refractivity contribution in [3.8, 4) is 16.3 Å². The van der Waals surface area contributed by atoms with Crippen LogP contribution in [0, 0.1) is 0 Å². The molecule has 2 nitrogen and oxygen atoms in total.